The minimum absolute atomic E-state index is 0.0723. The van der Waals surface area contributed by atoms with Crippen molar-refractivity contribution in [3.63, 3.8) is 0 Å². The van der Waals surface area contributed by atoms with Crippen molar-refractivity contribution in [3.8, 4) is 5.75 Å². The van der Waals surface area contributed by atoms with Crippen LogP contribution in [0.25, 0.3) is 0 Å². The number of hydrogen-bond donors (Lipinski definition) is 1. The van der Waals surface area contributed by atoms with Crippen molar-refractivity contribution in [2.24, 2.45) is 0 Å². The number of methoxy groups -OCH3 is 1. The minimum atomic E-state index is -4.09. The van der Waals surface area contributed by atoms with Crippen LogP contribution in [0.15, 0.2) is 77.7 Å². The Bertz CT molecular complexity index is 1360. The summed E-state index contributed by atoms with van der Waals surface area (Å²) < 4.78 is 34.1. The molecule has 1 N–H and O–H groups in total. The van der Waals surface area contributed by atoms with Crippen LogP contribution in [0, 0.1) is 13.8 Å². The Balaban J connectivity index is 2.05. The van der Waals surface area contributed by atoms with Crippen LogP contribution in [0.2, 0.25) is 0 Å². The molecule has 202 valence electrons. The summed E-state index contributed by atoms with van der Waals surface area (Å²) in [4.78, 5) is 28.2. The molecule has 0 aliphatic carbocycles. The number of rotatable bonds is 11. The molecule has 3 aromatic rings. The normalized spacial score (nSPS) is 11.9. The highest BCUT2D eigenvalue weighted by atomic mass is 32.2. The first-order chi connectivity index (χ1) is 18.1. The van der Waals surface area contributed by atoms with E-state index in [2.05, 4.69) is 5.32 Å². The second-order valence-corrected chi connectivity index (χ2v) is 11.0. The highest BCUT2D eigenvalue weighted by Gasteiger charge is 2.32. The average Bonchev–Trinajstić information content (AvgIpc) is 2.90. The quantitative estimate of drug-likeness (QED) is 0.398. The maximum Gasteiger partial charge on any atom is 0.264 e. The van der Waals surface area contributed by atoms with Gasteiger partial charge in [0.25, 0.3) is 10.0 Å². The van der Waals surface area contributed by atoms with E-state index in [1.165, 1.54) is 17.0 Å². The molecule has 0 unspecified atom stereocenters. The first kappa shape index (κ1) is 28.7. The lowest BCUT2D eigenvalue weighted by molar-refractivity contribution is -0.139. The van der Waals surface area contributed by atoms with Crippen molar-refractivity contribution in [1.82, 2.24) is 10.2 Å². The fraction of sp³-hybridized carbons (Fsp3) is 0.310. The number of sulfonamides is 1. The molecule has 38 heavy (non-hydrogen) atoms. The Morgan fingerprint density at radius 2 is 1.61 bits per heavy atom. The van der Waals surface area contributed by atoms with E-state index in [0.717, 1.165) is 21.0 Å². The third kappa shape index (κ3) is 6.92. The lowest BCUT2D eigenvalue weighted by Gasteiger charge is -2.32. The van der Waals surface area contributed by atoms with Crippen molar-refractivity contribution < 1.29 is 22.7 Å². The summed E-state index contributed by atoms with van der Waals surface area (Å²) in [7, 11) is -2.54. The molecule has 2 amide bonds. The smallest absolute Gasteiger partial charge is 0.264 e. The Kier molecular flexibility index (Phi) is 9.52. The van der Waals surface area contributed by atoms with E-state index < -0.39 is 28.5 Å². The lowest BCUT2D eigenvalue weighted by atomic mass is 10.1. The Morgan fingerprint density at radius 1 is 0.947 bits per heavy atom. The molecule has 9 heteroatoms. The van der Waals surface area contributed by atoms with Gasteiger partial charge in [0.05, 0.1) is 17.7 Å². The van der Waals surface area contributed by atoms with Gasteiger partial charge in [-0.1, -0.05) is 36.4 Å². The van der Waals surface area contributed by atoms with E-state index >= 15 is 0 Å². The zero-order valence-electron chi connectivity index (χ0n) is 22.5. The summed E-state index contributed by atoms with van der Waals surface area (Å²) in [5.41, 5.74) is 2.86. The molecule has 0 saturated carbocycles. The number of nitrogens with one attached hydrogen (secondary N) is 1. The minimum Gasteiger partial charge on any atom is -0.497 e. The van der Waals surface area contributed by atoms with E-state index in [1.807, 2.05) is 26.0 Å². The van der Waals surface area contributed by atoms with Gasteiger partial charge in [0.15, 0.2) is 0 Å². The predicted molar refractivity (Wildman–Crippen MR) is 149 cm³/mol. The number of benzene rings is 3. The van der Waals surface area contributed by atoms with Crippen molar-refractivity contribution in [1.29, 1.82) is 0 Å². The average molecular weight is 538 g/mol. The van der Waals surface area contributed by atoms with Gasteiger partial charge in [-0.25, -0.2) is 8.42 Å². The highest BCUT2D eigenvalue weighted by molar-refractivity contribution is 7.92. The Labute approximate surface area is 225 Å². The van der Waals surface area contributed by atoms with Gasteiger partial charge in [-0.05, 0) is 80.8 Å². The standard InChI is InChI=1S/C29H35N3O5S/c1-6-30-29(34)23(4)31(19-24-11-10-12-26(18-24)37-5)28(33)20-32(25-16-21(2)15-22(3)17-25)38(35,36)27-13-8-7-9-14-27/h7-18,23H,6,19-20H2,1-5H3,(H,30,34)/t23-/m0/s1. The monoisotopic (exact) mass is 537 g/mol. The molecule has 8 nitrogen and oxygen atoms in total. The van der Waals surface area contributed by atoms with E-state index in [0.29, 0.717) is 18.0 Å². The molecule has 0 radical (unpaired) electrons. The van der Waals surface area contributed by atoms with Crippen LogP contribution in [0.5, 0.6) is 5.75 Å². The largest absolute Gasteiger partial charge is 0.497 e. The molecule has 0 heterocycles. The molecule has 0 saturated heterocycles. The second kappa shape index (κ2) is 12.6. The van der Waals surface area contributed by atoms with Crippen molar-refractivity contribution in [2.75, 3.05) is 24.5 Å². The number of anilines is 1. The van der Waals surface area contributed by atoms with Crippen LogP contribution in [0.3, 0.4) is 0 Å². The zero-order valence-corrected chi connectivity index (χ0v) is 23.3. The van der Waals surface area contributed by atoms with Gasteiger partial charge in [-0.2, -0.15) is 0 Å². The number of carbonyl (C=O) groups excluding carboxylic acids is 2. The van der Waals surface area contributed by atoms with Crippen molar-refractivity contribution in [2.45, 2.75) is 45.2 Å². The molecule has 0 aromatic heterocycles. The molecule has 3 rings (SSSR count). The molecular formula is C29H35N3O5S. The number of amides is 2. The molecular weight excluding hydrogens is 502 g/mol. The Morgan fingerprint density at radius 3 is 2.21 bits per heavy atom. The molecule has 0 fully saturated rings. The maximum atomic E-state index is 13.9. The van der Waals surface area contributed by atoms with Gasteiger partial charge in [0, 0.05) is 13.1 Å². The van der Waals surface area contributed by atoms with Crippen molar-refractivity contribution in [3.05, 3.63) is 89.5 Å². The molecule has 1 atom stereocenters. The van der Waals surface area contributed by atoms with Gasteiger partial charge in [0.2, 0.25) is 11.8 Å². The van der Waals surface area contributed by atoms with Crippen LogP contribution in [-0.2, 0) is 26.2 Å². The van der Waals surface area contributed by atoms with E-state index in [1.54, 1.807) is 69.5 Å². The SMILES string of the molecule is CCNC(=O)[C@H](C)N(Cc1cccc(OC)c1)C(=O)CN(c1cc(C)cc(C)c1)S(=O)(=O)c1ccccc1. The zero-order chi connectivity index (χ0) is 27.9. The van der Waals surface area contributed by atoms with Crippen LogP contribution in [0.4, 0.5) is 5.69 Å². The molecule has 0 spiro atoms. The summed E-state index contributed by atoms with van der Waals surface area (Å²) in [6.07, 6.45) is 0. The summed E-state index contributed by atoms with van der Waals surface area (Å²) in [5, 5.41) is 2.76. The van der Waals surface area contributed by atoms with Crippen LogP contribution >= 0.6 is 0 Å². The molecule has 0 aliphatic rings. The first-order valence-corrected chi connectivity index (χ1v) is 13.9. The van der Waals surface area contributed by atoms with Gasteiger partial charge in [-0.15, -0.1) is 0 Å². The number of carbonyl (C=O) groups is 2. The Hall–Kier alpha value is -3.85. The fourth-order valence-electron chi connectivity index (χ4n) is 4.22. The third-order valence-corrected chi connectivity index (χ3v) is 7.90. The van der Waals surface area contributed by atoms with Gasteiger partial charge >= 0.3 is 0 Å². The van der Waals surface area contributed by atoms with Crippen LogP contribution < -0.4 is 14.4 Å². The van der Waals surface area contributed by atoms with E-state index in [-0.39, 0.29) is 17.3 Å². The topological polar surface area (TPSA) is 96.0 Å². The van der Waals surface area contributed by atoms with E-state index in [4.69, 9.17) is 4.74 Å². The highest BCUT2D eigenvalue weighted by Crippen LogP contribution is 2.27. The van der Waals surface area contributed by atoms with Gasteiger partial charge < -0.3 is 15.0 Å². The van der Waals surface area contributed by atoms with Crippen LogP contribution in [0.1, 0.15) is 30.5 Å². The number of aryl methyl sites for hydroxylation is 2. The number of nitrogens with zero attached hydrogens (tertiary/aromatic N) is 2. The molecule has 0 aliphatic heterocycles. The van der Waals surface area contributed by atoms with Crippen LogP contribution in [-0.4, -0.2) is 51.4 Å². The summed E-state index contributed by atoms with van der Waals surface area (Å²) in [6.45, 7) is 7.20. The van der Waals surface area contributed by atoms with Gasteiger partial charge in [0.1, 0.15) is 18.3 Å². The third-order valence-electron chi connectivity index (χ3n) is 6.11. The number of likely N-dealkylation sites (N-methyl/N-ethyl adjacent to an activating group) is 1. The predicted octanol–water partition coefficient (Wildman–Crippen LogP) is 4.06. The van der Waals surface area contributed by atoms with E-state index in [9.17, 15) is 18.0 Å². The first-order valence-electron chi connectivity index (χ1n) is 12.4. The van der Waals surface area contributed by atoms with Crippen molar-refractivity contribution >= 4 is 27.5 Å². The molecule has 0 bridgehead atoms. The molecule has 3 aromatic carbocycles. The lowest BCUT2D eigenvalue weighted by Crippen LogP contribution is -2.51. The summed E-state index contributed by atoms with van der Waals surface area (Å²) in [6, 6.07) is 19.8. The second-order valence-electron chi connectivity index (χ2n) is 9.11. The summed E-state index contributed by atoms with van der Waals surface area (Å²) in [5.74, 6) is -0.220. The number of ether oxygens (including phenoxy) is 1. The fourth-order valence-corrected chi connectivity index (χ4v) is 5.63. The number of hydrogen-bond acceptors (Lipinski definition) is 5. The maximum absolute atomic E-state index is 13.9. The summed E-state index contributed by atoms with van der Waals surface area (Å²) >= 11 is 0. The van der Waals surface area contributed by atoms with Gasteiger partial charge in [-0.3, -0.25) is 13.9 Å².